The number of hydrogen-bond acceptors (Lipinski definition) is 17. The number of carbonyl (C=O) groups excluding carboxylic acids is 5. The number of aliphatic hydroxyl groups is 5. The molecule has 22 nitrogen and oxygen atoms in total. The Morgan fingerprint density at radius 3 is 1.67 bits per heavy atom. The minimum atomic E-state index is -2.22. The highest BCUT2D eigenvalue weighted by Crippen LogP contribution is 2.33. The van der Waals surface area contributed by atoms with Crippen molar-refractivity contribution in [1.82, 2.24) is 16.0 Å². The molecule has 3 fully saturated rings. The standard InChI is InChI=1S/C26H40N4O18/c1-6(32)28-11-15(37)19(46-26-13(30-8(3)34)18(43-9(4)35)16(38)20(47-26)22(27)39)21(23(40)41)48-25(11)45-17-12(29-7(2)33)24(42)44-10(5-31)14(17)36/h10-21,24-26,31,36-38,42H,5H2,1-4H3,(H2,27,39)(H,28,32)(H,29,33)(H,30,34)(H,40,41)/t10-,11-,12-,13-,14-,15-,16-,17-,18-,19-,20+,21+,24?,25+,26+/m1/s1. The van der Waals surface area contributed by atoms with E-state index in [0.717, 1.165) is 27.7 Å². The monoisotopic (exact) mass is 696 g/mol. The Hall–Kier alpha value is -3.58. The molecule has 3 rings (SSSR count). The molecule has 15 atom stereocenters. The molecule has 3 aliphatic rings. The summed E-state index contributed by atoms with van der Waals surface area (Å²) in [7, 11) is 0. The van der Waals surface area contributed by atoms with E-state index in [-0.39, 0.29) is 0 Å². The third-order valence-electron chi connectivity index (χ3n) is 7.54. The molecule has 0 aromatic heterocycles. The molecule has 0 radical (unpaired) electrons. The molecule has 4 amide bonds. The lowest BCUT2D eigenvalue weighted by molar-refractivity contribution is -0.341. The van der Waals surface area contributed by atoms with E-state index in [4.69, 9.17) is 34.2 Å². The Balaban J connectivity index is 2.03. The summed E-state index contributed by atoms with van der Waals surface area (Å²) in [5.41, 5.74) is 5.33. The third kappa shape index (κ3) is 8.90. The second kappa shape index (κ2) is 16.2. The van der Waals surface area contributed by atoms with E-state index < -0.39 is 134 Å². The number of esters is 1. The number of carboxylic acid groups (broad SMARTS) is 1. The molecule has 3 aliphatic heterocycles. The van der Waals surface area contributed by atoms with Gasteiger partial charge in [0.1, 0.15) is 54.7 Å². The summed E-state index contributed by atoms with van der Waals surface area (Å²) in [6, 6.07) is -4.93. The first-order chi connectivity index (χ1) is 22.4. The summed E-state index contributed by atoms with van der Waals surface area (Å²) in [5, 5.41) is 70.1. The minimum absolute atomic E-state index is 0.724. The summed E-state index contributed by atoms with van der Waals surface area (Å²) < 4.78 is 32.8. The van der Waals surface area contributed by atoms with Gasteiger partial charge in [-0.1, -0.05) is 0 Å². The molecule has 3 saturated heterocycles. The van der Waals surface area contributed by atoms with Gasteiger partial charge in [0.25, 0.3) is 0 Å². The molecule has 0 saturated carbocycles. The molecular formula is C26H40N4O18. The summed E-state index contributed by atoms with van der Waals surface area (Å²) >= 11 is 0. The summed E-state index contributed by atoms with van der Waals surface area (Å²) in [6.45, 7) is 3.21. The smallest absolute Gasteiger partial charge is 0.335 e. The fraction of sp³-hybridized carbons (Fsp3) is 0.769. The van der Waals surface area contributed by atoms with Gasteiger partial charge >= 0.3 is 11.9 Å². The molecule has 0 spiro atoms. The highest BCUT2D eigenvalue weighted by atomic mass is 16.7. The first-order valence-electron chi connectivity index (χ1n) is 14.5. The number of aliphatic carboxylic acids is 1. The van der Waals surface area contributed by atoms with E-state index in [1.807, 2.05) is 0 Å². The highest BCUT2D eigenvalue weighted by molar-refractivity contribution is 5.80. The molecule has 3 heterocycles. The topological polar surface area (TPSA) is 341 Å². The average Bonchev–Trinajstić information content (AvgIpc) is 2.97. The van der Waals surface area contributed by atoms with Gasteiger partial charge in [-0.3, -0.25) is 24.0 Å². The number of ether oxygens (including phenoxy) is 6. The zero-order valence-corrected chi connectivity index (χ0v) is 26.0. The predicted octanol–water partition coefficient (Wildman–Crippen LogP) is -6.99. The van der Waals surface area contributed by atoms with Crippen LogP contribution in [-0.2, 0) is 57.2 Å². The van der Waals surface area contributed by atoms with E-state index in [1.54, 1.807) is 0 Å². The van der Waals surface area contributed by atoms with Gasteiger partial charge in [-0.15, -0.1) is 0 Å². The van der Waals surface area contributed by atoms with Crippen molar-refractivity contribution in [3.05, 3.63) is 0 Å². The largest absolute Gasteiger partial charge is 0.479 e. The van der Waals surface area contributed by atoms with Crippen molar-refractivity contribution in [2.24, 2.45) is 5.73 Å². The van der Waals surface area contributed by atoms with Gasteiger partial charge in [0.15, 0.2) is 37.2 Å². The van der Waals surface area contributed by atoms with Crippen LogP contribution in [0.15, 0.2) is 0 Å². The Morgan fingerprint density at radius 2 is 1.17 bits per heavy atom. The Kier molecular flexibility index (Phi) is 13.1. The zero-order chi connectivity index (χ0) is 36.2. The molecule has 0 aromatic rings. The number of aliphatic hydroxyl groups excluding tert-OH is 5. The van der Waals surface area contributed by atoms with Crippen molar-refractivity contribution < 1.29 is 87.8 Å². The number of nitrogens with two attached hydrogens (primary N) is 1. The van der Waals surface area contributed by atoms with E-state index in [0.29, 0.717) is 0 Å². The fourth-order valence-corrected chi connectivity index (χ4v) is 5.57. The van der Waals surface area contributed by atoms with Gasteiger partial charge < -0.3 is 80.7 Å². The zero-order valence-electron chi connectivity index (χ0n) is 26.0. The van der Waals surface area contributed by atoms with Crippen LogP contribution >= 0.6 is 0 Å². The van der Waals surface area contributed by atoms with Gasteiger partial charge in [0.2, 0.25) is 23.6 Å². The van der Waals surface area contributed by atoms with Crippen LogP contribution in [0.1, 0.15) is 27.7 Å². The van der Waals surface area contributed by atoms with E-state index in [9.17, 15) is 59.4 Å². The van der Waals surface area contributed by atoms with Crippen molar-refractivity contribution >= 4 is 35.6 Å². The number of nitrogens with one attached hydrogen (secondary N) is 3. The van der Waals surface area contributed by atoms with Gasteiger partial charge in [-0.05, 0) is 0 Å². The maximum Gasteiger partial charge on any atom is 0.335 e. The van der Waals surface area contributed by atoms with Gasteiger partial charge in [0, 0.05) is 27.7 Å². The summed E-state index contributed by atoms with van der Waals surface area (Å²) in [4.78, 5) is 72.6. The van der Waals surface area contributed by atoms with Gasteiger partial charge in [-0.2, -0.15) is 0 Å². The van der Waals surface area contributed by atoms with E-state index in [1.165, 1.54) is 0 Å². The van der Waals surface area contributed by atoms with Crippen LogP contribution in [0.25, 0.3) is 0 Å². The quantitative estimate of drug-likeness (QED) is 0.0897. The minimum Gasteiger partial charge on any atom is -0.479 e. The number of carbonyl (C=O) groups is 6. The molecule has 0 aliphatic carbocycles. The summed E-state index contributed by atoms with van der Waals surface area (Å²) in [6.07, 6.45) is -22.8. The summed E-state index contributed by atoms with van der Waals surface area (Å²) in [5.74, 6) is -6.39. The number of amides is 4. The third-order valence-corrected chi connectivity index (χ3v) is 7.54. The van der Waals surface area contributed by atoms with Crippen LogP contribution < -0.4 is 21.7 Å². The van der Waals surface area contributed by atoms with E-state index in [2.05, 4.69) is 16.0 Å². The maximum atomic E-state index is 12.5. The lowest BCUT2D eigenvalue weighted by Crippen LogP contribution is -2.72. The van der Waals surface area contributed by atoms with Crippen LogP contribution in [0.3, 0.4) is 0 Å². The molecule has 0 bridgehead atoms. The van der Waals surface area contributed by atoms with Crippen molar-refractivity contribution in [3.63, 3.8) is 0 Å². The predicted molar refractivity (Wildman–Crippen MR) is 148 cm³/mol. The Morgan fingerprint density at radius 1 is 0.667 bits per heavy atom. The lowest BCUT2D eigenvalue weighted by atomic mass is 9.93. The van der Waals surface area contributed by atoms with Crippen LogP contribution in [0.2, 0.25) is 0 Å². The fourth-order valence-electron chi connectivity index (χ4n) is 5.57. The van der Waals surface area contributed by atoms with Crippen molar-refractivity contribution in [2.45, 2.75) is 120 Å². The van der Waals surface area contributed by atoms with Gasteiger partial charge in [0.05, 0.1) is 6.61 Å². The second-order valence-electron chi connectivity index (χ2n) is 11.3. The van der Waals surface area contributed by atoms with Gasteiger partial charge in [-0.25, -0.2) is 4.79 Å². The van der Waals surface area contributed by atoms with Crippen molar-refractivity contribution in [3.8, 4) is 0 Å². The normalized spacial score (nSPS) is 39.8. The first kappa shape index (κ1) is 38.9. The molecule has 11 N–H and O–H groups in total. The lowest BCUT2D eigenvalue weighted by Gasteiger charge is -2.49. The van der Waals surface area contributed by atoms with Crippen LogP contribution in [-0.4, -0.2) is 165 Å². The molecule has 272 valence electrons. The molecular weight excluding hydrogens is 656 g/mol. The van der Waals surface area contributed by atoms with Crippen molar-refractivity contribution in [1.29, 1.82) is 0 Å². The number of hydrogen-bond donors (Lipinski definition) is 10. The van der Waals surface area contributed by atoms with Crippen LogP contribution in [0.4, 0.5) is 0 Å². The molecule has 48 heavy (non-hydrogen) atoms. The second-order valence-corrected chi connectivity index (χ2v) is 11.3. The molecule has 22 heteroatoms. The Labute approximate surface area is 271 Å². The highest BCUT2D eigenvalue weighted by Gasteiger charge is 2.57. The van der Waals surface area contributed by atoms with Crippen molar-refractivity contribution in [2.75, 3.05) is 6.61 Å². The maximum absolute atomic E-state index is 12.5. The van der Waals surface area contributed by atoms with Crippen LogP contribution in [0.5, 0.6) is 0 Å². The average molecular weight is 697 g/mol. The number of primary amides is 1. The number of carboxylic acids is 1. The molecule has 1 unspecified atom stereocenters. The SMILES string of the molecule is CC(=O)N[C@H]1[C@@H](O[C@H]2[C@H](O)[C@@H](CO)OC(O)[C@@H]2NC(C)=O)O[C@H](C(=O)O)[C@H](O[C@H]2O[C@H](C(N)=O)[C@H](O)[C@H](OC(C)=O)[C@H]2NC(C)=O)[C@@H]1O. The first-order valence-corrected chi connectivity index (χ1v) is 14.5. The van der Waals surface area contributed by atoms with E-state index >= 15 is 0 Å². The number of rotatable bonds is 11. The Bertz CT molecular complexity index is 1220. The molecule has 0 aromatic carbocycles. The van der Waals surface area contributed by atoms with Crippen LogP contribution in [0, 0.1) is 0 Å².